The van der Waals surface area contributed by atoms with E-state index in [0.29, 0.717) is 15.7 Å². The number of halogens is 3. The summed E-state index contributed by atoms with van der Waals surface area (Å²) in [5.41, 5.74) is 6.36. The molecular formula is C13H10BrF2NO. The molecule has 2 aromatic rings. The Morgan fingerprint density at radius 1 is 1.11 bits per heavy atom. The molecule has 0 radical (unpaired) electrons. The second-order valence-electron chi connectivity index (χ2n) is 3.76. The third kappa shape index (κ3) is 3.20. The van der Waals surface area contributed by atoms with E-state index in [-0.39, 0.29) is 12.4 Å². The minimum Gasteiger partial charge on any atom is -0.486 e. The van der Waals surface area contributed by atoms with Crippen LogP contribution in [0.1, 0.15) is 5.56 Å². The van der Waals surface area contributed by atoms with Crippen molar-refractivity contribution in [2.24, 2.45) is 0 Å². The van der Waals surface area contributed by atoms with E-state index in [1.54, 1.807) is 12.1 Å². The van der Waals surface area contributed by atoms with Gasteiger partial charge < -0.3 is 10.5 Å². The van der Waals surface area contributed by atoms with Gasteiger partial charge in [0.1, 0.15) is 12.4 Å². The van der Waals surface area contributed by atoms with E-state index in [2.05, 4.69) is 15.9 Å². The fourth-order valence-electron chi connectivity index (χ4n) is 1.51. The Morgan fingerprint density at radius 2 is 1.89 bits per heavy atom. The summed E-state index contributed by atoms with van der Waals surface area (Å²) in [7, 11) is 0. The van der Waals surface area contributed by atoms with Crippen molar-refractivity contribution in [1.29, 1.82) is 0 Å². The summed E-state index contributed by atoms with van der Waals surface area (Å²) in [6.07, 6.45) is 0. The predicted octanol–water partition coefficient (Wildman–Crippen LogP) is 3.89. The van der Waals surface area contributed by atoms with Gasteiger partial charge in [-0.3, -0.25) is 0 Å². The van der Waals surface area contributed by atoms with Gasteiger partial charge in [0.25, 0.3) is 0 Å². The van der Waals surface area contributed by atoms with E-state index < -0.39 is 11.6 Å². The molecule has 0 spiro atoms. The molecule has 0 saturated carbocycles. The van der Waals surface area contributed by atoms with E-state index in [9.17, 15) is 8.78 Å². The molecule has 0 saturated heterocycles. The molecule has 18 heavy (non-hydrogen) atoms. The molecule has 5 heteroatoms. The molecule has 2 nitrogen and oxygen atoms in total. The Bertz CT molecular complexity index is 555. The highest BCUT2D eigenvalue weighted by molar-refractivity contribution is 9.10. The van der Waals surface area contributed by atoms with E-state index >= 15 is 0 Å². The summed E-state index contributed by atoms with van der Waals surface area (Å²) in [5.74, 6) is -0.806. The van der Waals surface area contributed by atoms with E-state index in [4.69, 9.17) is 10.5 Å². The zero-order valence-corrected chi connectivity index (χ0v) is 10.9. The van der Waals surface area contributed by atoms with Crippen molar-refractivity contribution in [2.45, 2.75) is 6.61 Å². The van der Waals surface area contributed by atoms with Crippen LogP contribution in [0.5, 0.6) is 5.75 Å². The van der Waals surface area contributed by atoms with Crippen molar-refractivity contribution in [3.8, 4) is 5.75 Å². The van der Waals surface area contributed by atoms with Crippen LogP contribution in [0.3, 0.4) is 0 Å². The van der Waals surface area contributed by atoms with Gasteiger partial charge in [-0.2, -0.15) is 0 Å². The summed E-state index contributed by atoms with van der Waals surface area (Å²) in [5, 5.41) is 0. The zero-order chi connectivity index (χ0) is 13.1. The van der Waals surface area contributed by atoms with Crippen LogP contribution >= 0.6 is 15.9 Å². The van der Waals surface area contributed by atoms with Gasteiger partial charge >= 0.3 is 0 Å². The normalized spacial score (nSPS) is 10.4. The van der Waals surface area contributed by atoms with Crippen LogP contribution in [-0.2, 0) is 6.61 Å². The number of nitrogens with two attached hydrogens (primary N) is 1. The highest BCUT2D eigenvalue weighted by Crippen LogP contribution is 2.22. The monoisotopic (exact) mass is 313 g/mol. The molecule has 0 aromatic heterocycles. The Hall–Kier alpha value is -1.62. The van der Waals surface area contributed by atoms with Crippen LogP contribution in [0.2, 0.25) is 0 Å². The van der Waals surface area contributed by atoms with E-state index in [1.807, 2.05) is 0 Å². The first-order chi connectivity index (χ1) is 8.54. The van der Waals surface area contributed by atoms with Gasteiger partial charge in [0.05, 0.1) is 0 Å². The van der Waals surface area contributed by atoms with Gasteiger partial charge in [0, 0.05) is 10.2 Å². The number of ether oxygens (including phenoxy) is 1. The Balaban J connectivity index is 2.11. The lowest BCUT2D eigenvalue weighted by molar-refractivity contribution is 0.289. The summed E-state index contributed by atoms with van der Waals surface area (Å²) in [4.78, 5) is 0. The average Bonchev–Trinajstić information content (AvgIpc) is 2.26. The summed E-state index contributed by atoms with van der Waals surface area (Å²) < 4.78 is 32.4. The molecule has 0 heterocycles. The molecule has 0 aliphatic heterocycles. The topological polar surface area (TPSA) is 35.2 Å². The lowest BCUT2D eigenvalue weighted by Gasteiger charge is -2.08. The predicted molar refractivity (Wildman–Crippen MR) is 69.2 cm³/mol. The summed E-state index contributed by atoms with van der Waals surface area (Å²) >= 11 is 3.15. The molecule has 0 unspecified atom stereocenters. The third-order valence-electron chi connectivity index (χ3n) is 2.27. The Morgan fingerprint density at radius 3 is 2.56 bits per heavy atom. The minimum absolute atomic E-state index is 0.0561. The van der Waals surface area contributed by atoms with Gasteiger partial charge in [0.2, 0.25) is 0 Å². The van der Waals surface area contributed by atoms with Gasteiger partial charge in [-0.25, -0.2) is 8.78 Å². The van der Waals surface area contributed by atoms with Crippen molar-refractivity contribution in [1.82, 2.24) is 0 Å². The third-order valence-corrected chi connectivity index (χ3v) is 2.76. The second-order valence-corrected chi connectivity index (χ2v) is 4.67. The molecule has 2 aromatic carbocycles. The van der Waals surface area contributed by atoms with Crippen molar-refractivity contribution in [3.63, 3.8) is 0 Å². The second kappa shape index (κ2) is 5.35. The molecule has 0 aliphatic carbocycles. The molecule has 2 N–H and O–H groups in total. The lowest BCUT2D eigenvalue weighted by Crippen LogP contribution is -1.99. The average molecular weight is 314 g/mol. The first kappa shape index (κ1) is 12.8. The molecule has 0 bridgehead atoms. The zero-order valence-electron chi connectivity index (χ0n) is 9.29. The van der Waals surface area contributed by atoms with Gasteiger partial charge in [-0.15, -0.1) is 0 Å². The van der Waals surface area contributed by atoms with Crippen molar-refractivity contribution < 1.29 is 13.5 Å². The quantitative estimate of drug-likeness (QED) is 0.873. The number of hydrogen-bond acceptors (Lipinski definition) is 2. The first-order valence-corrected chi connectivity index (χ1v) is 5.97. The molecular weight excluding hydrogens is 304 g/mol. The first-order valence-electron chi connectivity index (χ1n) is 5.17. The molecule has 94 valence electrons. The maximum Gasteiger partial charge on any atom is 0.166 e. The molecule has 0 atom stereocenters. The van der Waals surface area contributed by atoms with Gasteiger partial charge in [-0.1, -0.05) is 15.9 Å². The molecule has 2 rings (SSSR count). The standard InChI is InChI=1S/C13H10BrF2NO/c14-9-1-2-13(12(16)5-9)18-7-8-3-10(15)6-11(17)4-8/h1-6H,7,17H2. The van der Waals surface area contributed by atoms with E-state index in [0.717, 1.165) is 0 Å². The minimum atomic E-state index is -0.478. The van der Waals surface area contributed by atoms with Crippen molar-refractivity contribution >= 4 is 21.6 Å². The van der Waals surface area contributed by atoms with Crippen LogP contribution in [-0.4, -0.2) is 0 Å². The molecule has 0 amide bonds. The molecule has 0 aliphatic rings. The SMILES string of the molecule is Nc1cc(F)cc(COc2ccc(Br)cc2F)c1. The van der Waals surface area contributed by atoms with Gasteiger partial charge in [-0.05, 0) is 42.0 Å². The fourth-order valence-corrected chi connectivity index (χ4v) is 1.85. The highest BCUT2D eigenvalue weighted by Gasteiger charge is 2.05. The Labute approximate surface area is 112 Å². The Kier molecular flexibility index (Phi) is 3.81. The van der Waals surface area contributed by atoms with Crippen LogP contribution in [0, 0.1) is 11.6 Å². The smallest absolute Gasteiger partial charge is 0.166 e. The number of nitrogen functional groups attached to an aromatic ring is 1. The number of benzene rings is 2. The maximum absolute atomic E-state index is 13.5. The fraction of sp³-hybridized carbons (Fsp3) is 0.0769. The lowest BCUT2D eigenvalue weighted by atomic mass is 10.2. The molecule has 0 fully saturated rings. The largest absolute Gasteiger partial charge is 0.486 e. The number of hydrogen-bond donors (Lipinski definition) is 1. The summed E-state index contributed by atoms with van der Waals surface area (Å²) in [6, 6.07) is 8.56. The number of rotatable bonds is 3. The van der Waals surface area contributed by atoms with Gasteiger partial charge in [0.15, 0.2) is 11.6 Å². The van der Waals surface area contributed by atoms with Crippen LogP contribution in [0.25, 0.3) is 0 Å². The van der Waals surface area contributed by atoms with E-state index in [1.165, 1.54) is 24.3 Å². The van der Waals surface area contributed by atoms with Crippen molar-refractivity contribution in [2.75, 3.05) is 5.73 Å². The highest BCUT2D eigenvalue weighted by atomic mass is 79.9. The van der Waals surface area contributed by atoms with Crippen molar-refractivity contribution in [3.05, 3.63) is 58.1 Å². The number of anilines is 1. The van der Waals surface area contributed by atoms with Crippen LogP contribution < -0.4 is 10.5 Å². The van der Waals surface area contributed by atoms with Crippen LogP contribution in [0.4, 0.5) is 14.5 Å². The maximum atomic E-state index is 13.5. The summed E-state index contributed by atoms with van der Waals surface area (Å²) in [6.45, 7) is 0.0561. The van der Waals surface area contributed by atoms with Crippen LogP contribution in [0.15, 0.2) is 40.9 Å².